The Kier molecular flexibility index (Phi) is 4.63. The molecule has 0 radical (unpaired) electrons. The van der Waals surface area contributed by atoms with Crippen molar-refractivity contribution in [1.82, 2.24) is 0 Å². The number of hydrogen-bond donors (Lipinski definition) is 2. The molecule has 25 heavy (non-hydrogen) atoms. The minimum Gasteiger partial charge on any atom is -0.453 e. The Morgan fingerprint density at radius 1 is 1.20 bits per heavy atom. The van der Waals surface area contributed by atoms with Crippen LogP contribution in [0.1, 0.15) is 59.3 Å². The maximum Gasteiger partial charge on any atom is 0.334 e. The third kappa shape index (κ3) is 3.83. The molecule has 2 bridgehead atoms. The van der Waals surface area contributed by atoms with Gasteiger partial charge in [0.2, 0.25) is 0 Å². The number of rotatable bonds is 0. The van der Waals surface area contributed by atoms with Crippen molar-refractivity contribution in [2.45, 2.75) is 88.3 Å². The molecule has 0 unspecified atom stereocenters. The van der Waals surface area contributed by atoms with Crippen molar-refractivity contribution < 1.29 is 24.5 Å². The minimum absolute atomic E-state index is 0.0170. The molecule has 0 amide bonds. The van der Waals surface area contributed by atoms with Crippen LogP contribution in [0.5, 0.6) is 0 Å². The molecule has 0 aromatic heterocycles. The van der Waals surface area contributed by atoms with Crippen molar-refractivity contribution in [2.75, 3.05) is 0 Å². The highest BCUT2D eigenvalue weighted by Gasteiger charge is 2.53. The molecule has 0 spiro atoms. The van der Waals surface area contributed by atoms with E-state index < -0.39 is 23.3 Å². The number of epoxide rings is 1. The monoisotopic (exact) mass is 350 g/mol. The Bertz CT molecular complexity index is 595. The van der Waals surface area contributed by atoms with Crippen LogP contribution >= 0.6 is 0 Å². The van der Waals surface area contributed by atoms with Gasteiger partial charge in [0.15, 0.2) is 0 Å². The van der Waals surface area contributed by atoms with E-state index in [4.69, 9.17) is 9.47 Å². The van der Waals surface area contributed by atoms with Gasteiger partial charge >= 0.3 is 5.97 Å². The van der Waals surface area contributed by atoms with Gasteiger partial charge < -0.3 is 19.7 Å². The summed E-state index contributed by atoms with van der Waals surface area (Å²) < 4.78 is 11.5. The van der Waals surface area contributed by atoms with E-state index in [0.29, 0.717) is 24.8 Å². The fourth-order valence-electron chi connectivity index (χ4n) is 4.02. The maximum atomic E-state index is 12.5. The lowest BCUT2D eigenvalue weighted by atomic mass is 9.82. The standard InChI is InChI=1S/C20H30O5/c1-13-14-6-11-19(3,25-17(13)22)15(21)7-10-18(2,23)8-5-9-20(4)16(12-14)24-20/h5,8,14-16,21,23H,1,6-7,9-12H2,2-4H3/b8-5+/t14-,15-,16+,18-,19-,20+/m1/s1. The molecular weight excluding hydrogens is 320 g/mol. The third-order valence-corrected chi connectivity index (χ3v) is 6.23. The second kappa shape index (κ2) is 6.22. The predicted molar refractivity (Wildman–Crippen MR) is 93.9 cm³/mol. The Hall–Kier alpha value is -1.17. The Balaban J connectivity index is 1.88. The molecule has 2 N–H and O–H groups in total. The number of esters is 1. The summed E-state index contributed by atoms with van der Waals surface area (Å²) in [4.78, 5) is 12.5. The summed E-state index contributed by atoms with van der Waals surface area (Å²) >= 11 is 0. The second-order valence-corrected chi connectivity index (χ2v) is 8.64. The second-order valence-electron chi connectivity index (χ2n) is 8.64. The van der Waals surface area contributed by atoms with E-state index in [1.165, 1.54) is 0 Å². The van der Waals surface area contributed by atoms with Gasteiger partial charge in [0.25, 0.3) is 0 Å². The van der Waals surface area contributed by atoms with Crippen LogP contribution in [0.15, 0.2) is 24.3 Å². The summed E-state index contributed by atoms with van der Waals surface area (Å²) in [6.07, 6.45) is 6.51. The SMILES string of the molecule is C=C1C(=O)O[C@]2(C)CC[C@@H]1C[C@@H]1O[C@@]1(C)C/C=C/[C@@](C)(O)CC[C@H]2O. The van der Waals surface area contributed by atoms with E-state index in [9.17, 15) is 15.0 Å². The molecule has 2 saturated heterocycles. The molecule has 2 heterocycles. The lowest BCUT2D eigenvalue weighted by Crippen LogP contribution is -2.43. The van der Waals surface area contributed by atoms with Gasteiger partial charge in [-0.15, -0.1) is 0 Å². The van der Waals surface area contributed by atoms with Gasteiger partial charge in [-0.2, -0.15) is 0 Å². The van der Waals surface area contributed by atoms with Crippen molar-refractivity contribution in [3.8, 4) is 0 Å². The molecule has 140 valence electrons. The molecule has 1 aliphatic carbocycles. The van der Waals surface area contributed by atoms with Crippen molar-refractivity contribution >= 4 is 5.97 Å². The summed E-state index contributed by atoms with van der Waals surface area (Å²) in [6.45, 7) is 9.52. The number of hydrogen-bond acceptors (Lipinski definition) is 5. The quantitative estimate of drug-likeness (QED) is 0.304. The lowest BCUT2D eigenvalue weighted by Gasteiger charge is -2.34. The van der Waals surface area contributed by atoms with E-state index in [1.807, 2.05) is 6.08 Å². The highest BCUT2D eigenvalue weighted by Crippen LogP contribution is 2.46. The largest absolute Gasteiger partial charge is 0.453 e. The van der Waals surface area contributed by atoms with Gasteiger partial charge in [0, 0.05) is 5.57 Å². The van der Waals surface area contributed by atoms with E-state index in [-0.39, 0.29) is 17.6 Å². The molecule has 2 fully saturated rings. The van der Waals surface area contributed by atoms with Crippen LogP contribution in [0.4, 0.5) is 0 Å². The summed E-state index contributed by atoms with van der Waals surface area (Å²) in [5.74, 6) is -0.408. The molecule has 0 saturated carbocycles. The van der Waals surface area contributed by atoms with Crippen molar-refractivity contribution in [3.05, 3.63) is 24.3 Å². The fourth-order valence-corrected chi connectivity index (χ4v) is 4.02. The van der Waals surface area contributed by atoms with Crippen molar-refractivity contribution in [2.24, 2.45) is 5.92 Å². The highest BCUT2D eigenvalue weighted by atomic mass is 16.6. The van der Waals surface area contributed by atoms with Gasteiger partial charge in [0.1, 0.15) is 5.60 Å². The third-order valence-electron chi connectivity index (χ3n) is 6.23. The lowest BCUT2D eigenvalue weighted by molar-refractivity contribution is -0.166. The highest BCUT2D eigenvalue weighted by molar-refractivity contribution is 5.89. The molecule has 5 heteroatoms. The summed E-state index contributed by atoms with van der Waals surface area (Å²) in [5.41, 5.74) is -1.72. The van der Waals surface area contributed by atoms with E-state index in [2.05, 4.69) is 13.5 Å². The van der Waals surface area contributed by atoms with Crippen LogP contribution < -0.4 is 0 Å². The zero-order valence-corrected chi connectivity index (χ0v) is 15.5. The molecule has 2 aliphatic heterocycles. The van der Waals surface area contributed by atoms with Crippen LogP contribution in [0.25, 0.3) is 0 Å². The van der Waals surface area contributed by atoms with Gasteiger partial charge in [-0.3, -0.25) is 0 Å². The number of ether oxygens (including phenoxy) is 2. The first-order chi connectivity index (χ1) is 11.5. The zero-order valence-electron chi connectivity index (χ0n) is 15.5. The molecular formula is C20H30O5. The number of aliphatic hydroxyl groups is 2. The van der Waals surface area contributed by atoms with Crippen molar-refractivity contribution in [3.63, 3.8) is 0 Å². The average Bonchev–Trinajstić information content (AvgIpc) is 3.18. The van der Waals surface area contributed by atoms with E-state index in [0.717, 1.165) is 19.3 Å². The molecule has 3 rings (SSSR count). The molecule has 3 aliphatic rings. The topological polar surface area (TPSA) is 79.3 Å². The predicted octanol–water partition coefficient (Wildman–Crippen LogP) is 2.65. The molecule has 0 aromatic rings. The smallest absolute Gasteiger partial charge is 0.334 e. The summed E-state index contributed by atoms with van der Waals surface area (Å²) in [7, 11) is 0. The van der Waals surface area contributed by atoms with Gasteiger partial charge in [-0.05, 0) is 65.2 Å². The molecule has 5 nitrogen and oxygen atoms in total. The summed E-state index contributed by atoms with van der Waals surface area (Å²) in [6, 6.07) is 0. The number of carbonyl (C=O) groups excluding carboxylic acids is 1. The Morgan fingerprint density at radius 2 is 1.92 bits per heavy atom. The van der Waals surface area contributed by atoms with Gasteiger partial charge in [0.05, 0.1) is 23.4 Å². The Morgan fingerprint density at radius 3 is 2.64 bits per heavy atom. The molecule has 6 atom stereocenters. The van der Waals surface area contributed by atoms with E-state index >= 15 is 0 Å². The first-order valence-corrected chi connectivity index (χ1v) is 9.23. The normalized spacial score (nSPS) is 49.6. The zero-order chi connectivity index (χ0) is 18.5. The van der Waals surface area contributed by atoms with Crippen LogP contribution in [0.2, 0.25) is 0 Å². The van der Waals surface area contributed by atoms with Crippen LogP contribution in [-0.4, -0.2) is 45.2 Å². The minimum atomic E-state index is -1.01. The first-order valence-electron chi connectivity index (χ1n) is 9.23. The number of carbonyl (C=O) groups is 1. The number of aliphatic hydroxyl groups excluding tert-OH is 1. The first kappa shape index (κ1) is 18.6. The number of fused-ring (bicyclic) bond motifs is 4. The van der Waals surface area contributed by atoms with Crippen molar-refractivity contribution in [1.29, 1.82) is 0 Å². The fraction of sp³-hybridized carbons (Fsp3) is 0.750. The average molecular weight is 350 g/mol. The summed E-state index contributed by atoms with van der Waals surface area (Å²) in [5, 5.41) is 21.2. The molecule has 0 aromatic carbocycles. The Labute approximate surface area is 149 Å². The van der Waals surface area contributed by atoms with Crippen LogP contribution in [0, 0.1) is 5.92 Å². The van der Waals surface area contributed by atoms with Gasteiger partial charge in [-0.1, -0.05) is 18.7 Å². The maximum absolute atomic E-state index is 12.5. The van der Waals surface area contributed by atoms with Crippen LogP contribution in [-0.2, 0) is 14.3 Å². The van der Waals surface area contributed by atoms with Crippen LogP contribution in [0.3, 0.4) is 0 Å². The van der Waals surface area contributed by atoms with Gasteiger partial charge in [-0.25, -0.2) is 4.79 Å². The van der Waals surface area contributed by atoms with E-state index in [1.54, 1.807) is 19.9 Å².